The maximum Gasteiger partial charge on any atom is 0.326 e. The molecule has 110 valence electrons. The lowest BCUT2D eigenvalue weighted by Gasteiger charge is -2.19. The van der Waals surface area contributed by atoms with Gasteiger partial charge in [0.15, 0.2) is 0 Å². The smallest absolute Gasteiger partial charge is 0.326 e. The molecule has 0 saturated carbocycles. The van der Waals surface area contributed by atoms with Crippen LogP contribution in [0.5, 0.6) is 0 Å². The number of hydrogen-bond acceptors (Lipinski definition) is 3. The van der Waals surface area contributed by atoms with E-state index < -0.39 is 22.3 Å². The Bertz CT molecular complexity index is 663. The van der Waals surface area contributed by atoms with Crippen molar-refractivity contribution in [3.05, 3.63) is 71.8 Å². The fraction of sp³-hybridized carbons (Fsp3) is 0.0714. The lowest BCUT2D eigenvalue weighted by atomic mass is 10.00. The summed E-state index contributed by atoms with van der Waals surface area (Å²) in [7, 11) is -4.05. The summed E-state index contributed by atoms with van der Waals surface area (Å²) in [5.74, 6) is 0. The van der Waals surface area contributed by atoms with Crippen LogP contribution in [0, 0.1) is 0 Å². The Morgan fingerprint density at radius 1 is 0.905 bits per heavy atom. The van der Waals surface area contributed by atoms with E-state index in [0.29, 0.717) is 0 Å². The molecule has 0 saturated heterocycles. The van der Waals surface area contributed by atoms with Crippen LogP contribution in [0.4, 0.5) is 4.79 Å². The predicted octanol–water partition coefficient (Wildman–Crippen LogP) is 1.28. The fourth-order valence-corrected chi connectivity index (χ4v) is 2.84. The zero-order valence-electron chi connectivity index (χ0n) is 11.1. The van der Waals surface area contributed by atoms with E-state index in [0.717, 1.165) is 11.1 Å². The topological polar surface area (TPSA) is 101 Å². The fourth-order valence-electron chi connectivity index (χ4n) is 1.94. The van der Waals surface area contributed by atoms with E-state index >= 15 is 0 Å². The van der Waals surface area contributed by atoms with E-state index in [4.69, 9.17) is 5.73 Å². The molecule has 4 N–H and O–H groups in total. The van der Waals surface area contributed by atoms with Crippen molar-refractivity contribution < 1.29 is 13.2 Å². The highest BCUT2D eigenvalue weighted by Gasteiger charge is 2.21. The highest BCUT2D eigenvalue weighted by molar-refractivity contribution is 7.88. The molecule has 0 aliphatic carbocycles. The Labute approximate surface area is 123 Å². The van der Waals surface area contributed by atoms with Crippen molar-refractivity contribution in [2.75, 3.05) is 0 Å². The molecule has 0 fully saturated rings. The van der Waals surface area contributed by atoms with Crippen LogP contribution in [0.15, 0.2) is 60.7 Å². The summed E-state index contributed by atoms with van der Waals surface area (Å²) in [4.78, 5) is 10.8. The summed E-state index contributed by atoms with van der Waals surface area (Å²) in [6.07, 6.45) is 0. The van der Waals surface area contributed by atoms with Gasteiger partial charge in [-0.05, 0) is 11.1 Å². The first-order valence-corrected chi connectivity index (χ1v) is 7.65. The van der Waals surface area contributed by atoms with Gasteiger partial charge in [0.25, 0.3) is 0 Å². The zero-order valence-corrected chi connectivity index (χ0v) is 11.9. The van der Waals surface area contributed by atoms with Crippen LogP contribution < -0.4 is 15.2 Å². The van der Waals surface area contributed by atoms with E-state index in [2.05, 4.69) is 4.72 Å². The average molecular weight is 305 g/mol. The molecule has 7 heteroatoms. The van der Waals surface area contributed by atoms with Crippen molar-refractivity contribution in [1.29, 1.82) is 0 Å². The van der Waals surface area contributed by atoms with Crippen LogP contribution in [0.2, 0.25) is 0 Å². The van der Waals surface area contributed by atoms with Crippen LogP contribution in [0.3, 0.4) is 0 Å². The highest BCUT2D eigenvalue weighted by atomic mass is 32.2. The van der Waals surface area contributed by atoms with Gasteiger partial charge in [0, 0.05) is 0 Å². The van der Waals surface area contributed by atoms with Gasteiger partial charge in [0.2, 0.25) is 0 Å². The minimum Gasteiger partial charge on any atom is -0.351 e. The minimum absolute atomic E-state index is 0.621. The molecule has 0 aliphatic rings. The summed E-state index contributed by atoms with van der Waals surface area (Å²) >= 11 is 0. The van der Waals surface area contributed by atoms with Crippen LogP contribution in [0.25, 0.3) is 0 Å². The number of primary amides is 1. The molecule has 2 rings (SSSR count). The van der Waals surface area contributed by atoms with E-state index in [-0.39, 0.29) is 0 Å². The zero-order chi connectivity index (χ0) is 15.3. The Balaban J connectivity index is 2.36. The molecule has 2 aromatic rings. The maximum absolute atomic E-state index is 11.9. The van der Waals surface area contributed by atoms with Crippen molar-refractivity contribution in [3.8, 4) is 0 Å². The third-order valence-corrected chi connectivity index (χ3v) is 3.79. The van der Waals surface area contributed by atoms with Crippen molar-refractivity contribution in [2.24, 2.45) is 5.73 Å². The number of benzene rings is 2. The second kappa shape index (κ2) is 6.38. The molecule has 2 aromatic carbocycles. The molecule has 6 nitrogen and oxygen atoms in total. The van der Waals surface area contributed by atoms with Crippen molar-refractivity contribution in [3.63, 3.8) is 0 Å². The number of hydrogen-bond donors (Lipinski definition) is 3. The van der Waals surface area contributed by atoms with Gasteiger partial charge >= 0.3 is 16.2 Å². The molecular formula is C14H15N3O3S. The first-order valence-electron chi connectivity index (χ1n) is 6.17. The summed E-state index contributed by atoms with van der Waals surface area (Å²) in [5, 5.41) is 0. The lowest BCUT2D eigenvalue weighted by molar-refractivity contribution is 0.253. The molecule has 0 spiro atoms. The Morgan fingerprint density at radius 3 is 1.71 bits per heavy atom. The van der Waals surface area contributed by atoms with Crippen molar-refractivity contribution >= 4 is 16.2 Å². The van der Waals surface area contributed by atoms with Gasteiger partial charge in [-0.3, -0.25) is 0 Å². The third kappa shape index (κ3) is 4.30. The van der Waals surface area contributed by atoms with Crippen molar-refractivity contribution in [2.45, 2.75) is 6.04 Å². The number of rotatable bonds is 5. The summed E-state index contributed by atoms with van der Waals surface area (Å²) in [6, 6.07) is 16.3. The third-order valence-electron chi connectivity index (χ3n) is 2.77. The molecule has 0 heterocycles. The first-order chi connectivity index (χ1) is 9.98. The Kier molecular flexibility index (Phi) is 4.56. The molecule has 0 atom stereocenters. The predicted molar refractivity (Wildman–Crippen MR) is 79.5 cm³/mol. The molecule has 0 aromatic heterocycles. The molecule has 0 bridgehead atoms. The van der Waals surface area contributed by atoms with E-state index in [1.165, 1.54) is 0 Å². The number of nitrogens with one attached hydrogen (secondary N) is 2. The number of carbonyl (C=O) groups excluding carboxylic acids is 1. The van der Waals surface area contributed by atoms with Gasteiger partial charge in [-0.15, -0.1) is 0 Å². The number of carbonyl (C=O) groups is 1. The molecule has 2 amide bonds. The van der Waals surface area contributed by atoms with Gasteiger partial charge in [-0.25, -0.2) is 9.52 Å². The van der Waals surface area contributed by atoms with Gasteiger partial charge in [0.1, 0.15) is 0 Å². The van der Waals surface area contributed by atoms with Crippen LogP contribution in [-0.4, -0.2) is 14.4 Å². The normalized spacial score (nSPS) is 11.3. The molecule has 0 radical (unpaired) electrons. The largest absolute Gasteiger partial charge is 0.351 e. The second-order valence-electron chi connectivity index (χ2n) is 4.34. The Hall–Kier alpha value is -2.38. The van der Waals surface area contributed by atoms with Gasteiger partial charge in [0.05, 0.1) is 6.04 Å². The highest BCUT2D eigenvalue weighted by Crippen LogP contribution is 2.22. The van der Waals surface area contributed by atoms with E-state index in [1.54, 1.807) is 53.3 Å². The number of nitrogens with two attached hydrogens (primary N) is 1. The number of amides is 2. The van der Waals surface area contributed by atoms with Gasteiger partial charge < -0.3 is 5.73 Å². The molecule has 21 heavy (non-hydrogen) atoms. The van der Waals surface area contributed by atoms with E-state index in [9.17, 15) is 13.2 Å². The molecular weight excluding hydrogens is 290 g/mol. The molecule has 0 aliphatic heterocycles. The summed E-state index contributed by atoms with van der Waals surface area (Å²) in [6.45, 7) is 0. The Morgan fingerprint density at radius 2 is 1.33 bits per heavy atom. The minimum atomic E-state index is -4.05. The quantitative estimate of drug-likeness (QED) is 0.775. The van der Waals surface area contributed by atoms with Gasteiger partial charge in [-0.2, -0.15) is 13.1 Å². The molecule has 0 unspecified atom stereocenters. The standard InChI is InChI=1S/C14H15N3O3S/c15-14(18)17-21(19,20)16-13(11-7-3-1-4-8-11)12-9-5-2-6-10-12/h1-10,13,16H,(H3,15,17,18). The lowest BCUT2D eigenvalue weighted by Crippen LogP contribution is -2.44. The second-order valence-corrected chi connectivity index (χ2v) is 5.79. The van der Waals surface area contributed by atoms with Crippen LogP contribution >= 0.6 is 0 Å². The summed E-state index contributed by atoms with van der Waals surface area (Å²) in [5.41, 5.74) is 6.36. The van der Waals surface area contributed by atoms with Crippen LogP contribution in [0.1, 0.15) is 17.2 Å². The monoisotopic (exact) mass is 305 g/mol. The first kappa shape index (κ1) is 15.0. The van der Waals surface area contributed by atoms with Crippen LogP contribution in [-0.2, 0) is 10.2 Å². The maximum atomic E-state index is 11.9. The average Bonchev–Trinajstić information content (AvgIpc) is 2.45. The van der Waals surface area contributed by atoms with Crippen molar-refractivity contribution in [1.82, 2.24) is 9.44 Å². The SMILES string of the molecule is NC(=O)NS(=O)(=O)NC(c1ccccc1)c1ccccc1. The van der Waals surface area contributed by atoms with Gasteiger partial charge in [-0.1, -0.05) is 60.7 Å². The summed E-state index contributed by atoms with van der Waals surface area (Å²) < 4.78 is 27.9. The van der Waals surface area contributed by atoms with E-state index in [1.807, 2.05) is 12.1 Å². The number of urea groups is 1.